The summed E-state index contributed by atoms with van der Waals surface area (Å²) in [5.74, 6) is -4.05. The van der Waals surface area contributed by atoms with Crippen LogP contribution in [0.3, 0.4) is 0 Å². The van der Waals surface area contributed by atoms with Gasteiger partial charge in [0.05, 0.1) is 11.7 Å². The number of piperidine rings is 2. The molecule has 0 aromatic carbocycles. The van der Waals surface area contributed by atoms with E-state index in [0.717, 1.165) is 6.42 Å². The van der Waals surface area contributed by atoms with E-state index in [-0.39, 0.29) is 25.4 Å². The molecule has 14 nitrogen and oxygen atoms in total. The van der Waals surface area contributed by atoms with Gasteiger partial charge in [-0.15, -0.1) is 0 Å². The molecular formula is C32H51NO13S. The third kappa shape index (κ3) is 4.51. The fraction of sp³-hybridized carbons (Fsp3) is 0.906. The first kappa shape index (κ1) is 35.6. The lowest BCUT2D eigenvalue weighted by Crippen LogP contribution is -2.85. The van der Waals surface area contributed by atoms with Crippen LogP contribution in [0, 0.1) is 29.1 Å². The van der Waals surface area contributed by atoms with Crippen molar-refractivity contribution in [3.05, 3.63) is 11.6 Å². The number of aliphatic hydroxyl groups is 6. The second-order valence-corrected chi connectivity index (χ2v) is 17.0. The molecule has 7 rings (SSSR count). The predicted molar refractivity (Wildman–Crippen MR) is 164 cm³/mol. The molecule has 4 aliphatic carbocycles. The summed E-state index contributed by atoms with van der Waals surface area (Å²) in [6.45, 7) is 10.1. The Morgan fingerprint density at radius 2 is 1.55 bits per heavy atom. The molecule has 1 spiro atoms. The number of ether oxygens (including phenoxy) is 2. The Morgan fingerprint density at radius 3 is 2.17 bits per heavy atom. The SMILES string of the molecule is C/C=C(/C)C(=O)OC1CC[C@]2(C)C3CCC4[C@]5(O)CC(O)[C@]6(O)C(CN7CC(C)CCC7[C@]6(C)O)[C@]5(O)C[C@@]42O[C@]13O.O=S(=O)(O)O. The maximum absolute atomic E-state index is 12.9. The quantitative estimate of drug-likeness (QED) is 0.111. The summed E-state index contributed by atoms with van der Waals surface area (Å²) in [5.41, 5.74) is -8.96. The van der Waals surface area contributed by atoms with Crippen molar-refractivity contribution in [2.75, 3.05) is 13.1 Å². The minimum atomic E-state index is -4.67. The summed E-state index contributed by atoms with van der Waals surface area (Å²) in [5, 5.41) is 73.9. The van der Waals surface area contributed by atoms with E-state index in [2.05, 4.69) is 11.8 Å². The zero-order valence-electron chi connectivity index (χ0n) is 27.7. The number of esters is 1. The van der Waals surface area contributed by atoms with Gasteiger partial charge in [-0.2, -0.15) is 8.42 Å². The number of hydrogen-bond donors (Lipinski definition) is 8. The van der Waals surface area contributed by atoms with Gasteiger partial charge in [-0.25, -0.2) is 4.79 Å². The summed E-state index contributed by atoms with van der Waals surface area (Å²) in [7, 11) is -4.67. The van der Waals surface area contributed by atoms with Gasteiger partial charge in [-0.05, 0) is 65.2 Å². The van der Waals surface area contributed by atoms with E-state index in [9.17, 15) is 35.4 Å². The monoisotopic (exact) mass is 689 g/mol. The molecule has 0 aromatic heterocycles. The average molecular weight is 690 g/mol. The van der Waals surface area contributed by atoms with E-state index in [1.54, 1.807) is 26.8 Å². The van der Waals surface area contributed by atoms with Gasteiger partial charge in [0.15, 0.2) is 6.10 Å². The lowest BCUT2D eigenvalue weighted by Gasteiger charge is -2.68. The number of aliphatic hydroxyl groups excluding tert-OH is 1. The maximum atomic E-state index is 12.9. The molecule has 0 radical (unpaired) electrons. The van der Waals surface area contributed by atoms with Crippen LogP contribution < -0.4 is 0 Å². The van der Waals surface area contributed by atoms with E-state index in [4.69, 9.17) is 27.0 Å². The van der Waals surface area contributed by atoms with E-state index in [1.165, 1.54) is 0 Å². The number of carbonyl (C=O) groups is 1. The second kappa shape index (κ2) is 10.6. The highest BCUT2D eigenvalue weighted by Gasteiger charge is 2.88. The van der Waals surface area contributed by atoms with Crippen LogP contribution in [0.15, 0.2) is 11.6 Å². The molecule has 268 valence electrons. The van der Waals surface area contributed by atoms with Gasteiger partial charge in [0.1, 0.15) is 22.4 Å². The van der Waals surface area contributed by atoms with Gasteiger partial charge in [-0.1, -0.05) is 19.9 Å². The van der Waals surface area contributed by atoms with Crippen LogP contribution in [0.25, 0.3) is 0 Å². The van der Waals surface area contributed by atoms with Crippen molar-refractivity contribution < 1.29 is 62.4 Å². The van der Waals surface area contributed by atoms with Crippen molar-refractivity contribution in [3.8, 4) is 0 Å². The largest absolute Gasteiger partial charge is 0.453 e. The predicted octanol–water partition coefficient (Wildman–Crippen LogP) is 0.338. The number of carbonyl (C=O) groups excluding carboxylic acids is 1. The Kier molecular flexibility index (Phi) is 8.05. The number of nitrogens with zero attached hydrogens (tertiary/aromatic N) is 1. The summed E-state index contributed by atoms with van der Waals surface area (Å²) in [6, 6.07) is -0.387. The van der Waals surface area contributed by atoms with Gasteiger partial charge in [-0.3, -0.25) is 14.0 Å². The Bertz CT molecular complexity index is 1450. The molecule has 4 saturated carbocycles. The molecule has 7 aliphatic rings. The van der Waals surface area contributed by atoms with Gasteiger partial charge < -0.3 is 40.1 Å². The van der Waals surface area contributed by atoms with Crippen molar-refractivity contribution in [2.24, 2.45) is 29.1 Å². The molecule has 3 heterocycles. The standard InChI is InChI=1S/C32H49NO9.H2O4S/c1-6-18(3)25(35)41-24-11-12-26(4)19-8-9-20-28(37)13-23(34)31(39)21(29(28,38)16-30(20,26)42-32(19,24)40)15-33-14-17(2)7-10-22(33)27(31,5)36;1-5(2,3)4/h6,17,19-24,34,36-40H,7-16H2,1-5H3;(H2,1,2,3,4)/b18-6-;/t17?,19?,20?,21?,22?,23?,24?,26-,27+,28-,29-,30-,31-,32+;/m1./s1. The van der Waals surface area contributed by atoms with Crippen molar-refractivity contribution >= 4 is 16.4 Å². The third-order valence-electron chi connectivity index (χ3n) is 14.1. The number of hydrogen-bond acceptors (Lipinski definition) is 12. The topological polar surface area (TPSA) is 235 Å². The highest BCUT2D eigenvalue weighted by Crippen LogP contribution is 2.78. The van der Waals surface area contributed by atoms with Crippen molar-refractivity contribution in [1.82, 2.24) is 4.90 Å². The van der Waals surface area contributed by atoms with E-state index >= 15 is 0 Å². The Labute approximate surface area is 275 Å². The first-order valence-electron chi connectivity index (χ1n) is 16.7. The number of allylic oxidation sites excluding steroid dienone is 1. The maximum Gasteiger partial charge on any atom is 0.394 e. The lowest BCUT2D eigenvalue weighted by molar-refractivity contribution is -0.354. The highest BCUT2D eigenvalue weighted by molar-refractivity contribution is 7.79. The molecule has 3 saturated heterocycles. The molecule has 3 aliphatic heterocycles. The van der Waals surface area contributed by atoms with E-state index in [1.807, 2.05) is 6.92 Å². The first-order valence-corrected chi connectivity index (χ1v) is 18.1. The molecular weight excluding hydrogens is 638 g/mol. The van der Waals surface area contributed by atoms with E-state index in [0.29, 0.717) is 50.1 Å². The van der Waals surface area contributed by atoms with Gasteiger partial charge >= 0.3 is 16.4 Å². The van der Waals surface area contributed by atoms with Crippen molar-refractivity contribution in [1.29, 1.82) is 0 Å². The molecule has 0 aromatic rings. The van der Waals surface area contributed by atoms with Crippen LogP contribution in [-0.2, 0) is 24.7 Å². The van der Waals surface area contributed by atoms with Crippen LogP contribution in [0.2, 0.25) is 0 Å². The van der Waals surface area contributed by atoms with Crippen LogP contribution >= 0.6 is 0 Å². The molecule has 7 fully saturated rings. The minimum absolute atomic E-state index is 0.0606. The van der Waals surface area contributed by atoms with Gasteiger partial charge in [0, 0.05) is 60.7 Å². The first-order chi connectivity index (χ1) is 21.5. The average Bonchev–Trinajstić information content (AvgIpc) is 3.12. The highest BCUT2D eigenvalue weighted by atomic mass is 32.3. The van der Waals surface area contributed by atoms with Crippen molar-refractivity contribution in [2.45, 2.75) is 138 Å². The summed E-state index contributed by atoms with van der Waals surface area (Å²) < 4.78 is 44.2. The van der Waals surface area contributed by atoms with Gasteiger partial charge in [0.25, 0.3) is 0 Å². The van der Waals surface area contributed by atoms with Crippen LogP contribution in [0.5, 0.6) is 0 Å². The Balaban J connectivity index is 0.000000720. The number of rotatable bonds is 2. The van der Waals surface area contributed by atoms with Crippen molar-refractivity contribution in [3.63, 3.8) is 0 Å². The third-order valence-corrected chi connectivity index (χ3v) is 14.1. The fourth-order valence-corrected chi connectivity index (χ4v) is 11.8. The van der Waals surface area contributed by atoms with Gasteiger partial charge in [0.2, 0.25) is 5.79 Å². The summed E-state index contributed by atoms with van der Waals surface area (Å²) in [4.78, 5) is 14.9. The zero-order chi connectivity index (χ0) is 35.0. The molecule has 8 N–H and O–H groups in total. The minimum Gasteiger partial charge on any atom is -0.453 e. The summed E-state index contributed by atoms with van der Waals surface area (Å²) in [6.07, 6.45) is 2.30. The molecule has 47 heavy (non-hydrogen) atoms. The Morgan fingerprint density at radius 1 is 0.936 bits per heavy atom. The van der Waals surface area contributed by atoms with Crippen LogP contribution in [0.1, 0.15) is 86.0 Å². The fourth-order valence-electron chi connectivity index (χ4n) is 11.8. The Hall–Kier alpha value is -1.24. The normalized spacial score (nSPS) is 55.1. The molecule has 4 bridgehead atoms. The summed E-state index contributed by atoms with van der Waals surface area (Å²) >= 11 is 0. The number of fused-ring (bicyclic) bond motifs is 5. The molecule has 0 amide bonds. The molecule has 7 unspecified atom stereocenters. The van der Waals surface area contributed by atoms with Crippen LogP contribution in [0.4, 0.5) is 0 Å². The molecule has 15 heteroatoms. The molecule has 14 atom stereocenters. The van der Waals surface area contributed by atoms with Crippen LogP contribution in [-0.4, -0.2) is 124 Å². The smallest absolute Gasteiger partial charge is 0.394 e. The lowest BCUT2D eigenvalue weighted by atomic mass is 9.49. The second-order valence-electron chi connectivity index (χ2n) is 16.1. The van der Waals surface area contributed by atoms with E-state index < -0.39 is 85.5 Å². The zero-order valence-corrected chi connectivity index (χ0v) is 28.5.